The summed E-state index contributed by atoms with van der Waals surface area (Å²) < 4.78 is 7.12. The third-order valence-corrected chi connectivity index (χ3v) is 6.12. The first-order chi connectivity index (χ1) is 11.7. The Morgan fingerprint density at radius 2 is 1.46 bits per heavy atom. The summed E-state index contributed by atoms with van der Waals surface area (Å²) in [6.07, 6.45) is 0.246. The van der Waals surface area contributed by atoms with Crippen LogP contribution >= 0.6 is 22.7 Å². The second-order valence-electron chi connectivity index (χ2n) is 5.37. The van der Waals surface area contributed by atoms with E-state index in [9.17, 15) is 4.79 Å². The van der Waals surface area contributed by atoms with E-state index >= 15 is 0 Å². The molecule has 24 heavy (non-hydrogen) atoms. The van der Waals surface area contributed by atoms with E-state index in [1.807, 2.05) is 48.5 Å². The molecular weight excluding hydrogens is 340 g/mol. The van der Waals surface area contributed by atoms with E-state index in [-0.39, 0.29) is 18.3 Å². The lowest BCUT2D eigenvalue weighted by molar-refractivity contribution is -0.140. The van der Waals surface area contributed by atoms with Crippen molar-refractivity contribution >= 4 is 49.1 Å². The highest BCUT2D eigenvalue weighted by Gasteiger charge is 2.25. The normalized spacial score (nSPS) is 11.4. The molecule has 0 radical (unpaired) electrons. The number of carbonyl (C=O) groups is 1. The number of ether oxygens (including phenoxy) is 1. The largest absolute Gasteiger partial charge is 0.469 e. The molecule has 0 atom stereocenters. The number of rotatable bonds is 4. The molecule has 0 aliphatic carbocycles. The first-order valence-corrected chi connectivity index (χ1v) is 9.15. The number of hydrogen-bond donors (Lipinski definition) is 0. The zero-order valence-corrected chi connectivity index (χ0v) is 14.6. The van der Waals surface area contributed by atoms with Gasteiger partial charge in [-0.25, -0.2) is 9.97 Å². The lowest BCUT2D eigenvalue weighted by atomic mass is 10.1. The molecule has 6 heteroatoms. The van der Waals surface area contributed by atoms with Gasteiger partial charge in [-0.3, -0.25) is 4.79 Å². The van der Waals surface area contributed by atoms with Crippen LogP contribution in [0.25, 0.3) is 20.4 Å². The monoisotopic (exact) mass is 354 g/mol. The van der Waals surface area contributed by atoms with Gasteiger partial charge in [0.05, 0.1) is 39.9 Å². The van der Waals surface area contributed by atoms with Gasteiger partial charge in [0, 0.05) is 0 Å². The first kappa shape index (κ1) is 15.2. The minimum absolute atomic E-state index is 0.174. The van der Waals surface area contributed by atoms with Gasteiger partial charge < -0.3 is 4.74 Å². The number of esters is 1. The topological polar surface area (TPSA) is 52.1 Å². The molecule has 0 aliphatic heterocycles. The summed E-state index contributed by atoms with van der Waals surface area (Å²) in [6, 6.07) is 16.0. The number of para-hydroxylation sites is 2. The molecule has 2 heterocycles. The number of hydrogen-bond acceptors (Lipinski definition) is 6. The van der Waals surface area contributed by atoms with Crippen LogP contribution in [0.5, 0.6) is 0 Å². The SMILES string of the molecule is COC(=O)CC(c1nc2ccccc2s1)c1nc2ccccc2s1. The Hall–Kier alpha value is -2.31. The lowest BCUT2D eigenvalue weighted by Gasteiger charge is -2.09. The van der Waals surface area contributed by atoms with Gasteiger partial charge in [0.25, 0.3) is 0 Å². The molecule has 0 N–H and O–H groups in total. The Labute approximate surface area is 146 Å². The fraction of sp³-hybridized carbons (Fsp3) is 0.167. The number of benzene rings is 2. The number of carbonyl (C=O) groups excluding carboxylic acids is 1. The molecule has 4 rings (SSSR count). The van der Waals surface area contributed by atoms with E-state index in [0.717, 1.165) is 30.4 Å². The van der Waals surface area contributed by atoms with Gasteiger partial charge in [-0.15, -0.1) is 22.7 Å². The van der Waals surface area contributed by atoms with E-state index in [1.165, 1.54) is 7.11 Å². The standard InChI is InChI=1S/C18H14N2O2S2/c1-22-16(21)10-11(17-19-12-6-2-4-8-14(12)23-17)18-20-13-7-3-5-9-15(13)24-18/h2-9,11H,10H2,1H3. The molecular formula is C18H14N2O2S2. The van der Waals surface area contributed by atoms with E-state index in [4.69, 9.17) is 14.7 Å². The Balaban J connectivity index is 1.82. The van der Waals surface area contributed by atoms with Crippen molar-refractivity contribution in [1.29, 1.82) is 0 Å². The molecule has 2 aromatic heterocycles. The molecule has 0 bridgehead atoms. The molecule has 0 unspecified atom stereocenters. The molecule has 120 valence electrons. The average molecular weight is 354 g/mol. The summed E-state index contributed by atoms with van der Waals surface area (Å²) in [4.78, 5) is 21.4. The van der Waals surface area contributed by atoms with Crippen molar-refractivity contribution in [3.8, 4) is 0 Å². The summed E-state index contributed by atoms with van der Waals surface area (Å²) in [5.74, 6) is -0.425. The minimum Gasteiger partial charge on any atom is -0.469 e. The zero-order valence-electron chi connectivity index (χ0n) is 12.9. The average Bonchev–Trinajstić information content (AvgIpc) is 3.22. The third kappa shape index (κ3) is 2.79. The molecule has 0 aliphatic rings. The highest BCUT2D eigenvalue weighted by Crippen LogP contribution is 2.37. The summed E-state index contributed by atoms with van der Waals surface area (Å²) >= 11 is 3.22. The summed E-state index contributed by atoms with van der Waals surface area (Å²) in [6.45, 7) is 0. The van der Waals surface area contributed by atoms with Crippen LogP contribution in [0.4, 0.5) is 0 Å². The van der Waals surface area contributed by atoms with Gasteiger partial charge in [0.2, 0.25) is 0 Å². The van der Waals surface area contributed by atoms with Gasteiger partial charge in [-0.05, 0) is 24.3 Å². The number of methoxy groups -OCH3 is 1. The van der Waals surface area contributed by atoms with Gasteiger partial charge in [0.1, 0.15) is 10.0 Å². The molecule has 2 aromatic carbocycles. The lowest BCUT2D eigenvalue weighted by Crippen LogP contribution is -2.09. The Morgan fingerprint density at radius 3 is 1.92 bits per heavy atom. The predicted molar refractivity (Wildman–Crippen MR) is 97.7 cm³/mol. The van der Waals surface area contributed by atoms with Crippen LogP contribution in [-0.4, -0.2) is 23.0 Å². The van der Waals surface area contributed by atoms with Crippen LogP contribution in [0.2, 0.25) is 0 Å². The fourth-order valence-electron chi connectivity index (χ4n) is 2.61. The maximum absolute atomic E-state index is 11.9. The number of thiazole rings is 2. The minimum atomic E-state index is -0.251. The second-order valence-corrected chi connectivity index (χ2v) is 7.50. The molecule has 4 nitrogen and oxygen atoms in total. The van der Waals surface area contributed by atoms with Crippen molar-refractivity contribution in [3.63, 3.8) is 0 Å². The zero-order chi connectivity index (χ0) is 16.5. The summed E-state index contributed by atoms with van der Waals surface area (Å²) in [7, 11) is 1.41. The highest BCUT2D eigenvalue weighted by molar-refractivity contribution is 7.20. The Morgan fingerprint density at radius 1 is 0.958 bits per heavy atom. The number of aromatic nitrogens is 2. The second kappa shape index (κ2) is 6.30. The third-order valence-electron chi connectivity index (χ3n) is 3.82. The van der Waals surface area contributed by atoms with E-state index in [2.05, 4.69) is 0 Å². The quantitative estimate of drug-likeness (QED) is 0.503. The smallest absolute Gasteiger partial charge is 0.306 e. The van der Waals surface area contributed by atoms with Crippen molar-refractivity contribution in [3.05, 3.63) is 58.5 Å². The Kier molecular flexibility index (Phi) is 4.00. The van der Waals surface area contributed by atoms with Crippen LogP contribution in [0, 0.1) is 0 Å². The number of nitrogens with zero attached hydrogens (tertiary/aromatic N) is 2. The van der Waals surface area contributed by atoms with Crippen molar-refractivity contribution < 1.29 is 9.53 Å². The maximum Gasteiger partial charge on any atom is 0.306 e. The van der Waals surface area contributed by atoms with Gasteiger partial charge in [-0.1, -0.05) is 24.3 Å². The maximum atomic E-state index is 11.9. The highest BCUT2D eigenvalue weighted by atomic mass is 32.1. The molecule has 0 saturated heterocycles. The fourth-order valence-corrected chi connectivity index (χ4v) is 4.83. The van der Waals surface area contributed by atoms with E-state index < -0.39 is 0 Å². The molecule has 4 aromatic rings. The first-order valence-electron chi connectivity index (χ1n) is 7.52. The molecule has 0 saturated carbocycles. The van der Waals surface area contributed by atoms with Crippen molar-refractivity contribution in [1.82, 2.24) is 9.97 Å². The van der Waals surface area contributed by atoms with Gasteiger partial charge >= 0.3 is 5.97 Å². The summed E-state index contributed by atoms with van der Waals surface area (Å²) in [5.41, 5.74) is 1.90. The van der Waals surface area contributed by atoms with E-state index in [1.54, 1.807) is 22.7 Å². The van der Waals surface area contributed by atoms with E-state index in [0.29, 0.717) is 0 Å². The van der Waals surface area contributed by atoms with Crippen molar-refractivity contribution in [2.75, 3.05) is 7.11 Å². The van der Waals surface area contributed by atoms with Crippen molar-refractivity contribution in [2.45, 2.75) is 12.3 Å². The Bertz CT molecular complexity index is 882. The van der Waals surface area contributed by atoms with Crippen LogP contribution < -0.4 is 0 Å². The van der Waals surface area contributed by atoms with Crippen molar-refractivity contribution in [2.24, 2.45) is 0 Å². The van der Waals surface area contributed by atoms with Gasteiger partial charge in [-0.2, -0.15) is 0 Å². The van der Waals surface area contributed by atoms with Crippen LogP contribution in [0.1, 0.15) is 22.4 Å². The van der Waals surface area contributed by atoms with Crippen LogP contribution in [0.15, 0.2) is 48.5 Å². The van der Waals surface area contributed by atoms with Crippen LogP contribution in [0.3, 0.4) is 0 Å². The molecule has 0 fully saturated rings. The molecule has 0 amide bonds. The summed E-state index contributed by atoms with van der Waals surface area (Å²) in [5, 5.41) is 1.81. The molecule has 0 spiro atoms. The van der Waals surface area contributed by atoms with Crippen LogP contribution in [-0.2, 0) is 9.53 Å². The predicted octanol–water partition coefficient (Wildman–Crippen LogP) is 4.60. The van der Waals surface area contributed by atoms with Gasteiger partial charge in [0.15, 0.2) is 0 Å². The number of fused-ring (bicyclic) bond motifs is 2.